The van der Waals surface area contributed by atoms with Gasteiger partial charge in [-0.25, -0.2) is 4.99 Å². The third-order valence-corrected chi connectivity index (χ3v) is 4.87. The molecule has 10 heteroatoms. The first-order chi connectivity index (χ1) is 14.0. The molecule has 30 heavy (non-hydrogen) atoms. The summed E-state index contributed by atoms with van der Waals surface area (Å²) >= 11 is 0. The maximum absolute atomic E-state index is 5.95. The number of nitrogens with one attached hydrogen (secondary N) is 2. The van der Waals surface area contributed by atoms with Gasteiger partial charge in [-0.05, 0) is 26.2 Å². The van der Waals surface area contributed by atoms with Crippen LogP contribution in [-0.2, 0) is 23.1 Å². The average Bonchev–Trinajstić information content (AvgIpc) is 3.01. The van der Waals surface area contributed by atoms with Gasteiger partial charge in [0.05, 0.1) is 12.7 Å². The Balaban J connectivity index is 0.00000450. The van der Waals surface area contributed by atoms with Crippen LogP contribution in [0.2, 0.25) is 0 Å². The third kappa shape index (κ3) is 9.88. The van der Waals surface area contributed by atoms with Gasteiger partial charge in [0, 0.05) is 53.0 Å². The van der Waals surface area contributed by atoms with Gasteiger partial charge in [0.2, 0.25) is 0 Å². The largest absolute Gasteiger partial charge is 0.382 e. The molecule has 1 aromatic heterocycles. The number of rotatable bonds is 11. The van der Waals surface area contributed by atoms with Crippen molar-refractivity contribution in [3.8, 4) is 0 Å². The molecule has 2 rings (SSSR count). The number of guanidine groups is 1. The Morgan fingerprint density at radius 2 is 2.13 bits per heavy atom. The van der Waals surface area contributed by atoms with Crippen LogP contribution >= 0.6 is 24.0 Å². The van der Waals surface area contributed by atoms with Crippen molar-refractivity contribution < 1.29 is 9.47 Å². The Morgan fingerprint density at radius 1 is 1.33 bits per heavy atom. The highest BCUT2D eigenvalue weighted by atomic mass is 127. The van der Waals surface area contributed by atoms with E-state index >= 15 is 0 Å². The number of hydrogen-bond donors (Lipinski definition) is 2. The first kappa shape index (κ1) is 27.1. The number of nitrogens with zero attached hydrogens (tertiary/aromatic N) is 5. The van der Waals surface area contributed by atoms with Gasteiger partial charge in [-0.3, -0.25) is 4.90 Å². The molecule has 1 aliphatic rings. The molecule has 1 unspecified atom stereocenters. The van der Waals surface area contributed by atoms with E-state index in [9.17, 15) is 0 Å². The highest BCUT2D eigenvalue weighted by Crippen LogP contribution is 2.07. The Morgan fingerprint density at radius 3 is 2.80 bits per heavy atom. The molecule has 9 nitrogen and oxygen atoms in total. The molecular weight excluding hydrogens is 497 g/mol. The second-order valence-electron chi connectivity index (χ2n) is 7.89. The summed E-state index contributed by atoms with van der Waals surface area (Å²) in [5.41, 5.74) is 0. The second kappa shape index (κ2) is 14.9. The van der Waals surface area contributed by atoms with Gasteiger partial charge < -0.3 is 24.7 Å². The fourth-order valence-corrected chi connectivity index (χ4v) is 3.23. The third-order valence-electron chi connectivity index (χ3n) is 4.87. The lowest BCUT2D eigenvalue weighted by Gasteiger charge is -2.34. The summed E-state index contributed by atoms with van der Waals surface area (Å²) in [6.07, 6.45) is 1.09. The number of ether oxygens (including phenoxy) is 2. The van der Waals surface area contributed by atoms with E-state index < -0.39 is 0 Å². The molecule has 0 radical (unpaired) electrons. The van der Waals surface area contributed by atoms with Crippen LogP contribution in [-0.4, -0.2) is 84.3 Å². The maximum atomic E-state index is 5.95. The highest BCUT2D eigenvalue weighted by molar-refractivity contribution is 14.0. The van der Waals surface area contributed by atoms with Crippen molar-refractivity contribution in [3.05, 3.63) is 11.6 Å². The van der Waals surface area contributed by atoms with E-state index in [1.807, 2.05) is 25.5 Å². The molecule has 0 saturated carbocycles. The lowest BCUT2D eigenvalue weighted by atomic mass is 10.2. The summed E-state index contributed by atoms with van der Waals surface area (Å²) in [7, 11) is 1.96. The molecule has 0 aromatic carbocycles. The summed E-state index contributed by atoms with van der Waals surface area (Å²) in [4.78, 5) is 7.18. The van der Waals surface area contributed by atoms with E-state index in [-0.39, 0.29) is 30.1 Å². The molecule has 2 heterocycles. The Hall–Kier alpha value is -0.980. The molecule has 2 N–H and O–H groups in total. The minimum Gasteiger partial charge on any atom is -0.382 e. The SMILES string of the molecule is CCOCCCNC(=NCc1nnc(C)n1C)NCC1CN(CC(C)C)CCO1.I. The van der Waals surface area contributed by atoms with Crippen molar-refractivity contribution in [2.24, 2.45) is 18.0 Å². The van der Waals surface area contributed by atoms with Gasteiger partial charge in [-0.1, -0.05) is 13.8 Å². The Kier molecular flexibility index (Phi) is 13.5. The van der Waals surface area contributed by atoms with Crippen molar-refractivity contribution in [1.82, 2.24) is 30.3 Å². The molecule has 1 aliphatic heterocycles. The second-order valence-corrected chi connectivity index (χ2v) is 7.89. The Labute approximate surface area is 198 Å². The number of aryl methyl sites for hydroxylation is 1. The minimum atomic E-state index is 0. The molecule has 1 atom stereocenters. The van der Waals surface area contributed by atoms with Crippen LogP contribution in [0.3, 0.4) is 0 Å². The first-order valence-corrected chi connectivity index (χ1v) is 10.8. The fraction of sp³-hybridized carbons (Fsp3) is 0.850. The zero-order valence-corrected chi connectivity index (χ0v) is 21.5. The Bertz CT molecular complexity index is 624. The van der Waals surface area contributed by atoms with Crippen molar-refractivity contribution in [3.63, 3.8) is 0 Å². The van der Waals surface area contributed by atoms with Gasteiger partial charge in [0.1, 0.15) is 12.4 Å². The standard InChI is InChI=1S/C20H39N7O2.HI/c1-6-28-10-7-8-21-20(23-13-19-25-24-17(4)26(19)5)22-12-18-15-27(9-11-29-18)14-16(2)3;/h16,18H,6-15H2,1-5H3,(H2,21,22,23);1H. The summed E-state index contributed by atoms with van der Waals surface area (Å²) in [5.74, 6) is 3.16. The normalized spacial score (nSPS) is 17.8. The predicted molar refractivity (Wildman–Crippen MR) is 130 cm³/mol. The molecule has 1 saturated heterocycles. The van der Waals surface area contributed by atoms with E-state index in [1.165, 1.54) is 0 Å². The zero-order chi connectivity index (χ0) is 21.1. The number of aromatic nitrogens is 3. The minimum absolute atomic E-state index is 0. The van der Waals surface area contributed by atoms with Gasteiger partial charge in [-0.15, -0.1) is 34.2 Å². The molecule has 174 valence electrons. The molecule has 1 aromatic rings. The smallest absolute Gasteiger partial charge is 0.191 e. The van der Waals surface area contributed by atoms with Crippen LogP contribution in [0.25, 0.3) is 0 Å². The number of aliphatic imine (C=N–C) groups is 1. The van der Waals surface area contributed by atoms with Gasteiger partial charge >= 0.3 is 0 Å². The van der Waals surface area contributed by atoms with Crippen molar-refractivity contribution >= 4 is 29.9 Å². The summed E-state index contributed by atoms with van der Waals surface area (Å²) in [5, 5.41) is 15.1. The number of hydrogen-bond acceptors (Lipinski definition) is 6. The highest BCUT2D eigenvalue weighted by Gasteiger charge is 2.21. The quantitative estimate of drug-likeness (QED) is 0.192. The number of halogens is 1. The van der Waals surface area contributed by atoms with E-state index in [1.54, 1.807) is 0 Å². The van der Waals surface area contributed by atoms with Crippen molar-refractivity contribution in [2.75, 3.05) is 52.5 Å². The monoisotopic (exact) mass is 537 g/mol. The van der Waals surface area contributed by atoms with E-state index in [2.05, 4.69) is 39.6 Å². The van der Waals surface area contributed by atoms with Crippen LogP contribution in [0, 0.1) is 12.8 Å². The molecule has 0 bridgehead atoms. The van der Waals surface area contributed by atoms with Crippen LogP contribution in [0.15, 0.2) is 4.99 Å². The molecule has 0 spiro atoms. The van der Waals surface area contributed by atoms with E-state index in [4.69, 9.17) is 14.5 Å². The number of morpholine rings is 1. The van der Waals surface area contributed by atoms with Crippen molar-refractivity contribution in [1.29, 1.82) is 0 Å². The van der Waals surface area contributed by atoms with E-state index in [0.29, 0.717) is 12.5 Å². The summed E-state index contributed by atoms with van der Waals surface area (Å²) in [6.45, 7) is 15.8. The molecule has 0 aliphatic carbocycles. The molecular formula is C20H40IN7O2. The lowest BCUT2D eigenvalue weighted by molar-refractivity contribution is -0.0284. The van der Waals surface area contributed by atoms with Crippen LogP contribution < -0.4 is 10.6 Å². The van der Waals surface area contributed by atoms with Gasteiger partial charge in [-0.2, -0.15) is 0 Å². The first-order valence-electron chi connectivity index (χ1n) is 10.8. The average molecular weight is 537 g/mol. The van der Waals surface area contributed by atoms with Crippen LogP contribution in [0.1, 0.15) is 38.8 Å². The topological polar surface area (TPSA) is 88.8 Å². The summed E-state index contributed by atoms with van der Waals surface area (Å²) in [6, 6.07) is 0. The van der Waals surface area contributed by atoms with Crippen LogP contribution in [0.5, 0.6) is 0 Å². The van der Waals surface area contributed by atoms with Gasteiger partial charge in [0.15, 0.2) is 11.8 Å². The zero-order valence-electron chi connectivity index (χ0n) is 19.2. The van der Waals surface area contributed by atoms with Crippen molar-refractivity contribution in [2.45, 2.75) is 46.8 Å². The van der Waals surface area contributed by atoms with E-state index in [0.717, 1.165) is 76.6 Å². The van der Waals surface area contributed by atoms with Crippen LogP contribution in [0.4, 0.5) is 0 Å². The molecule has 0 amide bonds. The maximum Gasteiger partial charge on any atom is 0.191 e. The molecule has 1 fully saturated rings. The lowest BCUT2D eigenvalue weighted by Crippen LogP contribution is -2.50. The summed E-state index contributed by atoms with van der Waals surface area (Å²) < 4.78 is 13.3. The predicted octanol–water partition coefficient (Wildman–Crippen LogP) is 1.56. The fourth-order valence-electron chi connectivity index (χ4n) is 3.23. The van der Waals surface area contributed by atoms with Gasteiger partial charge in [0.25, 0.3) is 0 Å².